The second-order valence-electron chi connectivity index (χ2n) is 4.94. The molecule has 1 aliphatic rings. The molecule has 2 rings (SSSR count). The van der Waals surface area contributed by atoms with Crippen LogP contribution in [-0.2, 0) is 6.42 Å². The minimum atomic E-state index is -0.305. The smallest absolute Gasteiger partial charge is 0.229 e. The highest BCUT2D eigenvalue weighted by Gasteiger charge is 2.22. The van der Waals surface area contributed by atoms with Gasteiger partial charge in [0.1, 0.15) is 0 Å². The molecule has 0 radical (unpaired) electrons. The lowest BCUT2D eigenvalue weighted by molar-refractivity contribution is 0.261. The van der Waals surface area contributed by atoms with Crippen molar-refractivity contribution < 1.29 is 0 Å². The molecule has 0 unspecified atom stereocenters. The van der Waals surface area contributed by atoms with Crippen LogP contribution in [0.3, 0.4) is 0 Å². The Morgan fingerprint density at radius 3 is 2.47 bits per heavy atom. The highest BCUT2D eigenvalue weighted by atomic mass is 16.2. The maximum Gasteiger partial charge on any atom is 0.229 e. The molecule has 0 saturated heterocycles. The van der Waals surface area contributed by atoms with E-state index >= 15 is 0 Å². The van der Waals surface area contributed by atoms with E-state index in [4.69, 9.17) is 0 Å². The van der Waals surface area contributed by atoms with E-state index in [-0.39, 0.29) is 10.9 Å². The first-order valence-electron chi connectivity index (χ1n) is 5.97. The Kier molecular flexibility index (Phi) is 3.03. The molecule has 0 aliphatic heterocycles. The summed E-state index contributed by atoms with van der Waals surface area (Å²) < 4.78 is 0. The maximum absolute atomic E-state index is 11.2. The van der Waals surface area contributed by atoms with Crippen molar-refractivity contribution in [1.82, 2.24) is 0 Å². The highest BCUT2D eigenvalue weighted by molar-refractivity contribution is 5.20. The first-order chi connectivity index (χ1) is 7.18. The molecule has 1 atom stereocenters. The predicted octanol–water partition coefficient (Wildman–Crippen LogP) is 2.04. The van der Waals surface area contributed by atoms with Crippen LogP contribution < -0.4 is 10.9 Å². The van der Waals surface area contributed by atoms with Crippen molar-refractivity contribution in [1.29, 1.82) is 0 Å². The van der Waals surface area contributed by atoms with Gasteiger partial charge in [-0.15, -0.1) is 0 Å². The standard InChI is InChI=1S/C13H18O2/c1-9(10-5-3-2-4-6-10)7-11-8-12(14)13(11)15/h8-10H,2-7H2,1H3/t9-/m0/s1. The molecule has 1 aromatic rings. The Hall–Kier alpha value is -0.920. The van der Waals surface area contributed by atoms with Gasteiger partial charge in [-0.05, 0) is 24.3 Å². The second kappa shape index (κ2) is 4.30. The fraction of sp³-hybridized carbons (Fsp3) is 0.692. The van der Waals surface area contributed by atoms with E-state index in [1.807, 2.05) is 0 Å². The fourth-order valence-corrected chi connectivity index (χ4v) is 2.74. The summed E-state index contributed by atoms with van der Waals surface area (Å²) in [6.07, 6.45) is 7.45. The monoisotopic (exact) mass is 206 g/mol. The molecule has 1 fully saturated rings. The molecule has 82 valence electrons. The van der Waals surface area contributed by atoms with Crippen molar-refractivity contribution in [2.24, 2.45) is 11.8 Å². The van der Waals surface area contributed by atoms with Gasteiger partial charge in [-0.25, -0.2) is 0 Å². The summed E-state index contributed by atoms with van der Waals surface area (Å²) in [4.78, 5) is 21.9. The molecular weight excluding hydrogens is 188 g/mol. The van der Waals surface area contributed by atoms with Gasteiger partial charge < -0.3 is 0 Å². The van der Waals surface area contributed by atoms with Crippen molar-refractivity contribution in [3.05, 3.63) is 32.1 Å². The normalized spacial score (nSPS) is 20.6. The quantitative estimate of drug-likeness (QED) is 0.709. The van der Waals surface area contributed by atoms with E-state index in [9.17, 15) is 9.59 Å². The summed E-state index contributed by atoms with van der Waals surface area (Å²) in [7, 11) is 0. The van der Waals surface area contributed by atoms with Crippen molar-refractivity contribution in [3.8, 4) is 0 Å². The largest absolute Gasteiger partial charge is 0.286 e. The van der Waals surface area contributed by atoms with E-state index in [0.717, 1.165) is 17.9 Å². The van der Waals surface area contributed by atoms with Crippen LogP contribution >= 0.6 is 0 Å². The van der Waals surface area contributed by atoms with Crippen LogP contribution in [0.4, 0.5) is 0 Å². The van der Waals surface area contributed by atoms with Gasteiger partial charge >= 0.3 is 0 Å². The van der Waals surface area contributed by atoms with Gasteiger partial charge in [0.05, 0.1) is 0 Å². The van der Waals surface area contributed by atoms with Crippen LogP contribution in [0.1, 0.15) is 44.6 Å². The van der Waals surface area contributed by atoms with Gasteiger partial charge in [-0.2, -0.15) is 0 Å². The number of hydrogen-bond donors (Lipinski definition) is 0. The molecule has 2 heteroatoms. The van der Waals surface area contributed by atoms with Crippen LogP contribution in [0, 0.1) is 11.8 Å². The second-order valence-corrected chi connectivity index (χ2v) is 4.94. The predicted molar refractivity (Wildman–Crippen MR) is 60.8 cm³/mol. The molecule has 1 saturated carbocycles. The zero-order valence-electron chi connectivity index (χ0n) is 9.29. The van der Waals surface area contributed by atoms with Gasteiger partial charge in [0.2, 0.25) is 10.9 Å². The van der Waals surface area contributed by atoms with Crippen LogP contribution in [-0.4, -0.2) is 0 Å². The van der Waals surface area contributed by atoms with Gasteiger partial charge in [-0.1, -0.05) is 39.0 Å². The summed E-state index contributed by atoms with van der Waals surface area (Å²) in [5.41, 5.74) is 0.219. The maximum atomic E-state index is 11.2. The lowest BCUT2D eigenvalue weighted by Crippen LogP contribution is -2.35. The third kappa shape index (κ3) is 2.19. The van der Waals surface area contributed by atoms with Crippen LogP contribution in [0.25, 0.3) is 0 Å². The Bertz CT molecular complexity index is 392. The van der Waals surface area contributed by atoms with Gasteiger partial charge in [0.15, 0.2) is 0 Å². The van der Waals surface area contributed by atoms with E-state index < -0.39 is 0 Å². The lowest BCUT2D eigenvalue weighted by atomic mass is 9.78. The molecule has 0 bridgehead atoms. The van der Waals surface area contributed by atoms with E-state index in [1.165, 1.54) is 38.2 Å². The molecule has 0 aromatic heterocycles. The summed E-state index contributed by atoms with van der Waals surface area (Å²) >= 11 is 0. The first-order valence-corrected chi connectivity index (χ1v) is 5.97. The zero-order chi connectivity index (χ0) is 10.8. The van der Waals surface area contributed by atoms with Gasteiger partial charge in [0.25, 0.3) is 0 Å². The molecule has 1 aliphatic carbocycles. The summed E-state index contributed by atoms with van der Waals surface area (Å²) in [6.45, 7) is 2.22. The Morgan fingerprint density at radius 1 is 1.27 bits per heavy atom. The lowest BCUT2D eigenvalue weighted by Gasteiger charge is -2.27. The van der Waals surface area contributed by atoms with Crippen molar-refractivity contribution in [3.63, 3.8) is 0 Å². The third-order valence-electron chi connectivity index (χ3n) is 3.82. The molecule has 0 amide bonds. The number of rotatable bonds is 3. The summed E-state index contributed by atoms with van der Waals surface area (Å²) in [5, 5.41) is 0. The molecule has 2 nitrogen and oxygen atoms in total. The van der Waals surface area contributed by atoms with Crippen LogP contribution in [0.15, 0.2) is 15.7 Å². The van der Waals surface area contributed by atoms with Crippen molar-refractivity contribution >= 4 is 0 Å². The third-order valence-corrected chi connectivity index (χ3v) is 3.82. The minimum Gasteiger partial charge on any atom is -0.286 e. The Labute approximate surface area is 90.0 Å². The molecule has 0 N–H and O–H groups in total. The molecule has 15 heavy (non-hydrogen) atoms. The van der Waals surface area contributed by atoms with Crippen molar-refractivity contribution in [2.45, 2.75) is 45.4 Å². The Morgan fingerprint density at radius 2 is 1.93 bits per heavy atom. The Balaban J connectivity index is 1.92. The van der Waals surface area contributed by atoms with E-state index in [2.05, 4.69) is 6.92 Å². The zero-order valence-corrected chi connectivity index (χ0v) is 9.29. The van der Waals surface area contributed by atoms with E-state index in [1.54, 1.807) is 0 Å². The average Bonchev–Trinajstić information content (AvgIpc) is 2.29. The van der Waals surface area contributed by atoms with Gasteiger partial charge in [-0.3, -0.25) is 9.59 Å². The summed E-state index contributed by atoms with van der Waals surface area (Å²) in [6, 6.07) is 1.52. The minimum absolute atomic E-state index is 0.238. The molecular formula is C13H18O2. The highest BCUT2D eigenvalue weighted by Crippen LogP contribution is 2.31. The van der Waals surface area contributed by atoms with Crippen molar-refractivity contribution in [2.75, 3.05) is 0 Å². The average molecular weight is 206 g/mol. The molecule has 1 aromatic carbocycles. The fourth-order valence-electron chi connectivity index (χ4n) is 2.74. The van der Waals surface area contributed by atoms with E-state index in [0.29, 0.717) is 5.92 Å². The molecule has 0 spiro atoms. The topological polar surface area (TPSA) is 34.1 Å². The SMILES string of the molecule is C[C@@H](Cc1cc(=O)c1=O)C1CCCCC1. The van der Waals surface area contributed by atoms with Crippen LogP contribution in [0.2, 0.25) is 0 Å². The first kappa shape index (κ1) is 10.6. The molecule has 0 heterocycles. The van der Waals surface area contributed by atoms with Crippen LogP contribution in [0.5, 0.6) is 0 Å². The number of hydrogen-bond acceptors (Lipinski definition) is 2. The summed E-state index contributed by atoms with van der Waals surface area (Å²) in [5.74, 6) is 1.33. The van der Waals surface area contributed by atoms with Gasteiger partial charge in [0, 0.05) is 5.56 Å².